The lowest BCUT2D eigenvalue weighted by Crippen LogP contribution is -1.98. The Morgan fingerprint density at radius 2 is 1.75 bits per heavy atom. The van der Waals surface area contributed by atoms with E-state index in [9.17, 15) is 4.79 Å². The first kappa shape index (κ1) is 12.2. The van der Waals surface area contributed by atoms with Crippen LogP contribution in [0.5, 0.6) is 0 Å². The molecule has 3 nitrogen and oxygen atoms in total. The molecule has 0 heterocycles. The first-order valence-corrected chi connectivity index (χ1v) is 5.21. The van der Waals surface area contributed by atoms with Crippen molar-refractivity contribution in [2.45, 2.75) is 38.5 Å². The van der Waals surface area contributed by atoms with E-state index in [1.807, 2.05) is 0 Å². The van der Waals surface area contributed by atoms with Gasteiger partial charge in [-0.3, -0.25) is 4.79 Å². The Balaban J connectivity index is 2.95. The van der Waals surface area contributed by atoms with E-state index in [1.54, 1.807) is 23.0 Å². The highest BCUT2D eigenvalue weighted by atomic mass is 127. The van der Waals surface area contributed by atoms with Gasteiger partial charge in [-0.05, 0) is 19.4 Å². The van der Waals surface area contributed by atoms with E-state index in [4.69, 9.17) is 5.73 Å². The van der Waals surface area contributed by atoms with Gasteiger partial charge in [-0.1, -0.05) is 19.3 Å². The molecule has 0 aromatic carbocycles. The summed E-state index contributed by atoms with van der Waals surface area (Å²) in [5, 5.41) is 0. The van der Waals surface area contributed by atoms with Gasteiger partial charge >= 0.3 is 5.97 Å². The summed E-state index contributed by atoms with van der Waals surface area (Å²) in [5.74, 6) is -0.116. The third kappa shape index (κ3) is 8.26. The van der Waals surface area contributed by atoms with Crippen molar-refractivity contribution in [3.05, 3.63) is 0 Å². The summed E-state index contributed by atoms with van der Waals surface area (Å²) in [6.45, 7) is 0.774. The van der Waals surface area contributed by atoms with Crippen LogP contribution in [0.4, 0.5) is 0 Å². The molecule has 0 aromatic rings. The molecule has 0 aromatic heterocycles. The lowest BCUT2D eigenvalue weighted by Gasteiger charge is -1.98. The maximum Gasteiger partial charge on any atom is 0.315 e. The fraction of sp³-hybridized carbons (Fsp3) is 0.875. The van der Waals surface area contributed by atoms with E-state index in [-0.39, 0.29) is 5.97 Å². The molecule has 0 fully saturated rings. The van der Waals surface area contributed by atoms with Gasteiger partial charge in [0.25, 0.3) is 0 Å². The lowest BCUT2D eigenvalue weighted by atomic mass is 10.1. The zero-order chi connectivity index (χ0) is 9.23. The van der Waals surface area contributed by atoms with E-state index in [0.717, 1.165) is 25.8 Å². The first-order chi connectivity index (χ1) is 5.81. The molecule has 0 spiro atoms. The number of halogens is 1. The topological polar surface area (TPSA) is 52.3 Å². The van der Waals surface area contributed by atoms with Gasteiger partial charge in [0.1, 0.15) is 0 Å². The molecule has 0 aliphatic heterocycles. The molecule has 0 amide bonds. The monoisotopic (exact) mass is 285 g/mol. The van der Waals surface area contributed by atoms with Gasteiger partial charge in [0.15, 0.2) is 23.0 Å². The molecule has 0 aliphatic carbocycles. The number of carbonyl (C=O) groups excluding carboxylic acids is 1. The van der Waals surface area contributed by atoms with Crippen LogP contribution in [-0.4, -0.2) is 12.5 Å². The van der Waals surface area contributed by atoms with Crippen LogP contribution in [-0.2, 0) is 7.86 Å². The molecule has 0 bridgehead atoms. The third-order valence-electron chi connectivity index (χ3n) is 1.67. The fourth-order valence-corrected chi connectivity index (χ4v) is 1.20. The van der Waals surface area contributed by atoms with Crippen molar-refractivity contribution in [3.8, 4) is 0 Å². The second-order valence-corrected chi connectivity index (χ2v) is 3.20. The standard InChI is InChI=1S/C8H16INO2/c9-12-8(11)6-4-2-1-3-5-7-10/h1-7,10H2. The highest BCUT2D eigenvalue weighted by Gasteiger charge is 1.99. The van der Waals surface area contributed by atoms with Gasteiger partial charge in [0.2, 0.25) is 0 Å². The molecule has 0 atom stereocenters. The minimum Gasteiger partial charge on any atom is -0.394 e. The van der Waals surface area contributed by atoms with Gasteiger partial charge in [0, 0.05) is 6.42 Å². The van der Waals surface area contributed by atoms with Gasteiger partial charge in [0.05, 0.1) is 0 Å². The highest BCUT2D eigenvalue weighted by Crippen LogP contribution is 2.06. The Morgan fingerprint density at radius 3 is 2.33 bits per heavy atom. The van der Waals surface area contributed by atoms with Crippen LogP contribution >= 0.6 is 23.0 Å². The van der Waals surface area contributed by atoms with Crippen LogP contribution in [0.3, 0.4) is 0 Å². The predicted molar refractivity (Wildman–Crippen MR) is 56.9 cm³/mol. The molecule has 0 saturated heterocycles. The van der Waals surface area contributed by atoms with Crippen molar-refractivity contribution in [1.82, 2.24) is 0 Å². The largest absolute Gasteiger partial charge is 0.394 e. The van der Waals surface area contributed by atoms with Crippen molar-refractivity contribution >= 4 is 29.0 Å². The molecule has 2 N–H and O–H groups in total. The first-order valence-electron chi connectivity index (χ1n) is 4.32. The predicted octanol–water partition coefficient (Wildman–Crippen LogP) is 2.18. The van der Waals surface area contributed by atoms with Gasteiger partial charge < -0.3 is 8.80 Å². The molecule has 0 aliphatic rings. The molecule has 4 heteroatoms. The summed E-state index contributed by atoms with van der Waals surface area (Å²) in [7, 11) is 0. The molecule has 0 rings (SSSR count). The Bertz CT molecular complexity index is 120. The summed E-state index contributed by atoms with van der Waals surface area (Å²) in [6, 6.07) is 0. The lowest BCUT2D eigenvalue weighted by molar-refractivity contribution is -0.131. The second-order valence-electron chi connectivity index (χ2n) is 2.76. The minimum atomic E-state index is -0.116. The van der Waals surface area contributed by atoms with Crippen LogP contribution < -0.4 is 5.73 Å². The number of carbonyl (C=O) groups is 1. The number of unbranched alkanes of at least 4 members (excludes halogenated alkanes) is 4. The summed E-state index contributed by atoms with van der Waals surface area (Å²) >= 11 is 1.62. The molecule has 0 unspecified atom stereocenters. The summed E-state index contributed by atoms with van der Waals surface area (Å²) in [4.78, 5) is 10.7. The van der Waals surface area contributed by atoms with Crippen LogP contribution in [0.25, 0.3) is 0 Å². The molecular weight excluding hydrogens is 269 g/mol. The number of hydrogen-bond acceptors (Lipinski definition) is 3. The maximum absolute atomic E-state index is 10.7. The Labute approximate surface area is 87.7 Å². The average Bonchev–Trinajstić information content (AvgIpc) is 2.10. The van der Waals surface area contributed by atoms with Crippen LogP contribution in [0.2, 0.25) is 0 Å². The molecule has 12 heavy (non-hydrogen) atoms. The normalized spacial score (nSPS) is 9.83. The Kier molecular flexibility index (Phi) is 9.37. The van der Waals surface area contributed by atoms with Crippen molar-refractivity contribution in [1.29, 1.82) is 0 Å². The van der Waals surface area contributed by atoms with E-state index in [2.05, 4.69) is 3.07 Å². The van der Waals surface area contributed by atoms with E-state index in [1.165, 1.54) is 12.8 Å². The quantitative estimate of drug-likeness (QED) is 0.576. The maximum atomic E-state index is 10.7. The zero-order valence-corrected chi connectivity index (χ0v) is 9.38. The Hall–Kier alpha value is 0.160. The van der Waals surface area contributed by atoms with Crippen molar-refractivity contribution < 1.29 is 7.86 Å². The van der Waals surface area contributed by atoms with Crippen molar-refractivity contribution in [3.63, 3.8) is 0 Å². The summed E-state index contributed by atoms with van der Waals surface area (Å²) in [6.07, 6.45) is 6.03. The summed E-state index contributed by atoms with van der Waals surface area (Å²) < 4.78 is 4.49. The van der Waals surface area contributed by atoms with Gasteiger partial charge in [-0.2, -0.15) is 0 Å². The van der Waals surface area contributed by atoms with E-state index >= 15 is 0 Å². The molecule has 0 radical (unpaired) electrons. The minimum absolute atomic E-state index is 0.116. The van der Waals surface area contributed by atoms with Gasteiger partial charge in [-0.25, -0.2) is 0 Å². The zero-order valence-electron chi connectivity index (χ0n) is 7.22. The SMILES string of the molecule is NCCCCCCCC(=O)OI. The molecule has 0 saturated carbocycles. The van der Waals surface area contributed by atoms with E-state index in [0.29, 0.717) is 6.42 Å². The summed E-state index contributed by atoms with van der Waals surface area (Å²) in [5.41, 5.74) is 5.34. The van der Waals surface area contributed by atoms with Crippen molar-refractivity contribution in [2.75, 3.05) is 6.54 Å². The highest BCUT2D eigenvalue weighted by molar-refractivity contribution is 14.1. The van der Waals surface area contributed by atoms with Crippen LogP contribution in [0, 0.1) is 0 Å². The third-order valence-corrected chi connectivity index (χ3v) is 2.16. The van der Waals surface area contributed by atoms with E-state index < -0.39 is 0 Å². The fourth-order valence-electron chi connectivity index (χ4n) is 0.983. The smallest absolute Gasteiger partial charge is 0.315 e. The molecular formula is C8H16INO2. The van der Waals surface area contributed by atoms with Crippen molar-refractivity contribution in [2.24, 2.45) is 5.73 Å². The number of hydrogen-bond donors (Lipinski definition) is 1. The molecule has 72 valence electrons. The van der Waals surface area contributed by atoms with Gasteiger partial charge in [-0.15, -0.1) is 0 Å². The van der Waals surface area contributed by atoms with Crippen LogP contribution in [0.1, 0.15) is 38.5 Å². The Morgan fingerprint density at radius 1 is 1.17 bits per heavy atom. The number of rotatable bonds is 7. The van der Waals surface area contributed by atoms with Crippen LogP contribution in [0.15, 0.2) is 0 Å². The average molecular weight is 285 g/mol. The second kappa shape index (κ2) is 9.25. The number of nitrogens with two attached hydrogens (primary N) is 1.